The summed E-state index contributed by atoms with van der Waals surface area (Å²) in [6.07, 6.45) is -14.9. The van der Waals surface area contributed by atoms with Crippen LogP contribution in [-0.4, -0.2) is 117 Å². The molecule has 0 aromatic rings. The van der Waals surface area contributed by atoms with Gasteiger partial charge in [-0.2, -0.15) is 0 Å². The summed E-state index contributed by atoms with van der Waals surface area (Å²) < 4.78 is 20.9. The second-order valence-corrected chi connectivity index (χ2v) is 6.01. The predicted molar refractivity (Wildman–Crippen MR) is 78.0 cm³/mol. The number of ether oxygens (including phenoxy) is 4. The lowest BCUT2D eigenvalue weighted by Crippen LogP contribution is -2.63. The lowest BCUT2D eigenvalue weighted by atomic mass is 9.98. The van der Waals surface area contributed by atoms with E-state index in [0.717, 1.165) is 0 Å². The molecule has 0 saturated carbocycles. The van der Waals surface area contributed by atoms with Crippen LogP contribution in [-0.2, 0) is 18.9 Å². The van der Waals surface area contributed by atoms with Crippen molar-refractivity contribution in [1.82, 2.24) is 0 Å². The molecule has 0 spiro atoms. The average molecular weight is 370 g/mol. The van der Waals surface area contributed by atoms with E-state index in [1.165, 1.54) is 0 Å². The fourth-order valence-electron chi connectivity index (χ4n) is 2.71. The van der Waals surface area contributed by atoms with Gasteiger partial charge in [-0.25, -0.2) is 0 Å². The third-order valence-electron chi connectivity index (χ3n) is 4.27. The molecule has 148 valence electrons. The Labute approximate surface area is 143 Å². The predicted octanol–water partition coefficient (Wildman–Crippen LogP) is -4.35. The minimum Gasteiger partial charge on any atom is -0.394 e. The zero-order chi connectivity index (χ0) is 18.7. The number of aliphatic hydroxyl groups excluding tert-OH is 7. The normalized spacial score (nSPS) is 48.5. The minimum atomic E-state index is -1.69. The second-order valence-electron chi connectivity index (χ2n) is 6.01. The molecule has 10 unspecified atom stereocenters. The zero-order valence-electron chi connectivity index (χ0n) is 13.7. The van der Waals surface area contributed by atoms with Gasteiger partial charge >= 0.3 is 0 Å². The third kappa shape index (κ3) is 4.46. The smallest absolute Gasteiger partial charge is 0.189 e. The van der Waals surface area contributed by atoms with Crippen LogP contribution in [0.1, 0.15) is 6.92 Å². The molecule has 0 amide bonds. The van der Waals surface area contributed by atoms with Crippen molar-refractivity contribution in [1.29, 1.82) is 0 Å². The quantitative estimate of drug-likeness (QED) is 0.240. The molecule has 11 heteroatoms. The van der Waals surface area contributed by atoms with Crippen molar-refractivity contribution in [2.24, 2.45) is 0 Å². The first-order valence-electron chi connectivity index (χ1n) is 8.05. The maximum Gasteiger partial charge on any atom is 0.189 e. The van der Waals surface area contributed by atoms with Gasteiger partial charge in [0.15, 0.2) is 12.6 Å². The van der Waals surface area contributed by atoms with Gasteiger partial charge in [0, 0.05) is 6.61 Å². The standard InChI is InChI=1S/C14H26O11/c1-2-22-4-6-8(17)10(19)12(21)14(24-6)25-13-11(20)9(18)7(16)5(3-15)23-13/h5-21H,2-4H2,1H3. The number of rotatable bonds is 6. The van der Waals surface area contributed by atoms with E-state index in [4.69, 9.17) is 24.1 Å². The van der Waals surface area contributed by atoms with Crippen molar-refractivity contribution in [2.45, 2.75) is 68.3 Å². The Morgan fingerprint density at radius 1 is 0.720 bits per heavy atom. The van der Waals surface area contributed by atoms with Crippen LogP contribution < -0.4 is 0 Å². The van der Waals surface area contributed by atoms with E-state index < -0.39 is 68.0 Å². The summed E-state index contributed by atoms with van der Waals surface area (Å²) in [5.74, 6) is 0. The van der Waals surface area contributed by atoms with Gasteiger partial charge in [0.05, 0.1) is 13.2 Å². The number of hydrogen-bond donors (Lipinski definition) is 7. The van der Waals surface area contributed by atoms with Gasteiger partial charge < -0.3 is 54.7 Å². The summed E-state index contributed by atoms with van der Waals surface area (Å²) in [5.41, 5.74) is 0. The van der Waals surface area contributed by atoms with Gasteiger partial charge in [-0.1, -0.05) is 0 Å². The summed E-state index contributed by atoms with van der Waals surface area (Å²) >= 11 is 0. The maximum absolute atomic E-state index is 10.0. The van der Waals surface area contributed by atoms with Crippen LogP contribution in [0.3, 0.4) is 0 Å². The van der Waals surface area contributed by atoms with Crippen molar-refractivity contribution in [2.75, 3.05) is 19.8 Å². The molecule has 0 radical (unpaired) electrons. The van der Waals surface area contributed by atoms with E-state index in [9.17, 15) is 30.6 Å². The third-order valence-corrected chi connectivity index (χ3v) is 4.27. The Hall–Kier alpha value is -0.440. The van der Waals surface area contributed by atoms with Crippen molar-refractivity contribution in [3.63, 3.8) is 0 Å². The van der Waals surface area contributed by atoms with Crippen LogP contribution in [0, 0.1) is 0 Å². The van der Waals surface area contributed by atoms with Crippen molar-refractivity contribution in [3.05, 3.63) is 0 Å². The lowest BCUT2D eigenvalue weighted by molar-refractivity contribution is -0.376. The first-order chi connectivity index (χ1) is 11.8. The van der Waals surface area contributed by atoms with E-state index in [1.807, 2.05) is 0 Å². The summed E-state index contributed by atoms with van der Waals surface area (Å²) in [6, 6.07) is 0. The Balaban J connectivity index is 2.06. The van der Waals surface area contributed by atoms with Crippen molar-refractivity contribution in [3.8, 4) is 0 Å². The van der Waals surface area contributed by atoms with Crippen LogP contribution in [0.15, 0.2) is 0 Å². The highest BCUT2D eigenvalue weighted by molar-refractivity contribution is 4.92. The Morgan fingerprint density at radius 2 is 1.20 bits per heavy atom. The largest absolute Gasteiger partial charge is 0.394 e. The molecule has 25 heavy (non-hydrogen) atoms. The Morgan fingerprint density at radius 3 is 1.68 bits per heavy atom. The highest BCUT2D eigenvalue weighted by Crippen LogP contribution is 2.28. The van der Waals surface area contributed by atoms with E-state index in [2.05, 4.69) is 0 Å². The van der Waals surface area contributed by atoms with Crippen LogP contribution in [0.5, 0.6) is 0 Å². The summed E-state index contributed by atoms with van der Waals surface area (Å²) in [4.78, 5) is 0. The molecule has 2 aliphatic rings. The van der Waals surface area contributed by atoms with Crippen molar-refractivity contribution >= 4 is 0 Å². The maximum atomic E-state index is 10.0. The summed E-state index contributed by atoms with van der Waals surface area (Å²) in [7, 11) is 0. The van der Waals surface area contributed by atoms with Gasteiger partial charge in [-0.3, -0.25) is 0 Å². The lowest BCUT2D eigenvalue weighted by Gasteiger charge is -2.44. The molecule has 0 aliphatic carbocycles. The van der Waals surface area contributed by atoms with E-state index in [0.29, 0.717) is 6.61 Å². The topological polar surface area (TPSA) is 179 Å². The first-order valence-corrected chi connectivity index (χ1v) is 8.05. The van der Waals surface area contributed by atoms with E-state index in [1.54, 1.807) is 6.92 Å². The molecular weight excluding hydrogens is 344 g/mol. The summed E-state index contributed by atoms with van der Waals surface area (Å²) in [5, 5.41) is 68.4. The monoisotopic (exact) mass is 370 g/mol. The number of aliphatic hydroxyl groups is 7. The van der Waals surface area contributed by atoms with Gasteiger partial charge in [-0.15, -0.1) is 0 Å². The minimum absolute atomic E-state index is 0.0734. The molecule has 2 rings (SSSR count). The van der Waals surface area contributed by atoms with Crippen molar-refractivity contribution < 1.29 is 54.7 Å². The fraction of sp³-hybridized carbons (Fsp3) is 1.00. The van der Waals surface area contributed by atoms with Crippen LogP contribution >= 0.6 is 0 Å². The fourth-order valence-corrected chi connectivity index (χ4v) is 2.71. The molecular formula is C14H26O11. The molecule has 10 atom stereocenters. The average Bonchev–Trinajstić information content (AvgIpc) is 2.61. The molecule has 11 nitrogen and oxygen atoms in total. The Kier molecular flexibility index (Phi) is 7.49. The van der Waals surface area contributed by atoms with Crippen LogP contribution in [0.2, 0.25) is 0 Å². The molecule has 0 aromatic carbocycles. The summed E-state index contributed by atoms with van der Waals surface area (Å²) in [6.45, 7) is 1.34. The van der Waals surface area contributed by atoms with E-state index in [-0.39, 0.29) is 6.61 Å². The number of hydrogen-bond acceptors (Lipinski definition) is 11. The van der Waals surface area contributed by atoms with Gasteiger partial charge in [0.2, 0.25) is 0 Å². The first kappa shape index (κ1) is 20.9. The second kappa shape index (κ2) is 8.97. The zero-order valence-corrected chi connectivity index (χ0v) is 13.7. The molecule has 0 bridgehead atoms. The van der Waals surface area contributed by atoms with Gasteiger partial charge in [-0.05, 0) is 6.92 Å². The van der Waals surface area contributed by atoms with E-state index >= 15 is 0 Å². The van der Waals surface area contributed by atoms with Crippen LogP contribution in [0.25, 0.3) is 0 Å². The molecule has 7 N–H and O–H groups in total. The molecule has 2 heterocycles. The van der Waals surface area contributed by atoms with Crippen LogP contribution in [0.4, 0.5) is 0 Å². The highest BCUT2D eigenvalue weighted by Gasteiger charge is 2.49. The SMILES string of the molecule is CCOCC1OC(OC2OC(CO)C(O)C(O)C2O)C(O)C(O)C1O. The molecule has 2 fully saturated rings. The highest BCUT2D eigenvalue weighted by atomic mass is 16.8. The van der Waals surface area contributed by atoms with Gasteiger partial charge in [0.1, 0.15) is 48.8 Å². The molecule has 0 aromatic heterocycles. The molecule has 2 aliphatic heterocycles. The van der Waals surface area contributed by atoms with Gasteiger partial charge in [0.25, 0.3) is 0 Å². The molecule has 2 saturated heterocycles. The Bertz CT molecular complexity index is 408.